The molecule has 1 heterocycles. The van der Waals surface area contributed by atoms with Crippen LogP contribution < -0.4 is 5.32 Å². The summed E-state index contributed by atoms with van der Waals surface area (Å²) in [5.74, 6) is -1.45. The second-order valence-electron chi connectivity index (χ2n) is 6.25. The second kappa shape index (κ2) is 6.03. The highest BCUT2D eigenvalue weighted by atomic mass is 19.4. The number of carbonyl (C=O) groups is 1. The van der Waals surface area contributed by atoms with E-state index in [1.165, 1.54) is 0 Å². The zero-order valence-electron chi connectivity index (χ0n) is 12.2. The summed E-state index contributed by atoms with van der Waals surface area (Å²) in [5.41, 5.74) is 2.08. The molecule has 1 unspecified atom stereocenters. The third-order valence-electron chi connectivity index (χ3n) is 4.92. The van der Waals surface area contributed by atoms with Crippen molar-refractivity contribution in [2.24, 2.45) is 11.8 Å². The van der Waals surface area contributed by atoms with Crippen molar-refractivity contribution in [3.63, 3.8) is 0 Å². The Bertz CT molecular complexity index is 547. The fourth-order valence-electron chi connectivity index (χ4n) is 3.63. The fraction of sp³-hybridized carbons (Fsp3) is 0.588. The predicted octanol–water partition coefficient (Wildman–Crippen LogP) is 3.61. The Kier molecular flexibility index (Phi) is 4.26. The van der Waals surface area contributed by atoms with Gasteiger partial charge in [-0.05, 0) is 49.3 Å². The molecule has 1 aliphatic heterocycles. The van der Waals surface area contributed by atoms with Crippen molar-refractivity contribution in [3.8, 4) is 0 Å². The molecule has 1 aromatic carbocycles. The molecule has 2 aliphatic rings. The minimum Gasteiger partial charge on any atom is -0.303 e. The molecule has 1 N–H and O–H groups in total. The first-order valence-corrected chi connectivity index (χ1v) is 7.79. The number of alkyl halides is 3. The molecule has 0 spiro atoms. The summed E-state index contributed by atoms with van der Waals surface area (Å²) in [6.45, 7) is 0.721. The molecule has 22 heavy (non-hydrogen) atoms. The van der Waals surface area contributed by atoms with Crippen molar-refractivity contribution in [2.75, 3.05) is 6.54 Å². The lowest BCUT2D eigenvalue weighted by Crippen LogP contribution is -2.40. The number of nitrogens with one attached hydrogen (secondary N) is 1. The smallest absolute Gasteiger partial charge is 0.303 e. The van der Waals surface area contributed by atoms with Gasteiger partial charge in [-0.25, -0.2) is 0 Å². The maximum absolute atomic E-state index is 12.7. The van der Waals surface area contributed by atoms with E-state index in [4.69, 9.17) is 0 Å². The normalized spacial score (nSPS) is 29.0. The molecule has 2 nitrogen and oxygen atoms in total. The topological polar surface area (TPSA) is 29.1 Å². The van der Waals surface area contributed by atoms with E-state index in [1.54, 1.807) is 6.07 Å². The largest absolute Gasteiger partial charge is 0.391 e. The number of rotatable bonds is 2. The third-order valence-corrected chi connectivity index (χ3v) is 4.92. The average molecular weight is 310 g/mol. The lowest BCUT2D eigenvalue weighted by atomic mass is 9.76. The van der Waals surface area contributed by atoms with Gasteiger partial charge in [0.05, 0.1) is 12.0 Å². The Morgan fingerprint density at radius 2 is 1.95 bits per heavy atom. The SMILES string of the molecule is O=C(C1CCC(C(F)(F)F)CC1)C1NCCc2c[c]ccc21. The lowest BCUT2D eigenvalue weighted by molar-refractivity contribution is -0.184. The van der Waals surface area contributed by atoms with Gasteiger partial charge in [0.1, 0.15) is 0 Å². The molecule has 1 radical (unpaired) electrons. The van der Waals surface area contributed by atoms with Crippen LogP contribution in [0.5, 0.6) is 0 Å². The van der Waals surface area contributed by atoms with Gasteiger partial charge in [-0.15, -0.1) is 0 Å². The van der Waals surface area contributed by atoms with E-state index in [0.29, 0.717) is 12.8 Å². The van der Waals surface area contributed by atoms with Gasteiger partial charge in [0, 0.05) is 12.5 Å². The van der Waals surface area contributed by atoms with Crippen molar-refractivity contribution in [2.45, 2.75) is 44.3 Å². The van der Waals surface area contributed by atoms with Gasteiger partial charge in [0.2, 0.25) is 0 Å². The number of ketones is 1. The van der Waals surface area contributed by atoms with Gasteiger partial charge >= 0.3 is 6.18 Å². The Morgan fingerprint density at radius 3 is 2.64 bits per heavy atom. The zero-order chi connectivity index (χ0) is 15.7. The summed E-state index contributed by atoms with van der Waals surface area (Å²) in [6.07, 6.45) is -2.44. The first-order chi connectivity index (χ1) is 10.5. The number of fused-ring (bicyclic) bond motifs is 1. The fourth-order valence-corrected chi connectivity index (χ4v) is 3.63. The van der Waals surface area contributed by atoms with Gasteiger partial charge in [-0.3, -0.25) is 4.79 Å². The van der Waals surface area contributed by atoms with Crippen LogP contribution in [-0.2, 0) is 11.2 Å². The maximum Gasteiger partial charge on any atom is 0.391 e. The van der Waals surface area contributed by atoms with Crippen LogP contribution in [0.1, 0.15) is 42.9 Å². The zero-order valence-corrected chi connectivity index (χ0v) is 12.2. The van der Waals surface area contributed by atoms with Crippen LogP contribution >= 0.6 is 0 Å². The summed E-state index contributed by atoms with van der Waals surface area (Å²) in [6, 6.07) is 8.23. The number of benzene rings is 1. The van der Waals surface area contributed by atoms with E-state index in [2.05, 4.69) is 11.4 Å². The molecule has 1 atom stereocenters. The van der Waals surface area contributed by atoms with Crippen LogP contribution in [0, 0.1) is 17.9 Å². The monoisotopic (exact) mass is 310 g/mol. The Labute approximate surface area is 128 Å². The summed E-state index contributed by atoms with van der Waals surface area (Å²) in [7, 11) is 0. The van der Waals surface area contributed by atoms with Crippen molar-refractivity contribution in [3.05, 3.63) is 35.4 Å². The van der Waals surface area contributed by atoms with E-state index in [-0.39, 0.29) is 30.6 Å². The molecule has 1 aromatic rings. The number of Topliss-reactive ketones (excluding diaryl/α,β-unsaturated/α-hetero) is 1. The standard InChI is InChI=1S/C17H19F3NO/c18-17(19,20)13-7-5-12(6-8-13)16(22)15-14-4-2-1-3-11(14)9-10-21-15/h2-4,12-13,15,21H,5-10H2. The minimum absolute atomic E-state index is 0.0489. The average Bonchev–Trinajstić information content (AvgIpc) is 2.53. The Hall–Kier alpha value is -1.36. The summed E-state index contributed by atoms with van der Waals surface area (Å²) in [5, 5.41) is 3.23. The molecule has 0 saturated heterocycles. The minimum atomic E-state index is -4.13. The van der Waals surface area contributed by atoms with Crippen molar-refractivity contribution in [1.29, 1.82) is 0 Å². The molecule has 0 amide bonds. The molecular weight excluding hydrogens is 291 g/mol. The molecule has 0 aromatic heterocycles. The summed E-state index contributed by atoms with van der Waals surface area (Å²) < 4.78 is 38.2. The van der Waals surface area contributed by atoms with Crippen molar-refractivity contribution >= 4 is 5.78 Å². The Balaban J connectivity index is 1.69. The van der Waals surface area contributed by atoms with Gasteiger partial charge in [0.15, 0.2) is 5.78 Å². The van der Waals surface area contributed by atoms with Crippen LogP contribution in [0.2, 0.25) is 0 Å². The van der Waals surface area contributed by atoms with E-state index in [1.807, 2.05) is 12.1 Å². The summed E-state index contributed by atoms with van der Waals surface area (Å²) in [4.78, 5) is 12.7. The number of hydrogen-bond acceptors (Lipinski definition) is 2. The van der Waals surface area contributed by atoms with Gasteiger partial charge in [0.25, 0.3) is 0 Å². The van der Waals surface area contributed by atoms with Crippen LogP contribution in [0.25, 0.3) is 0 Å². The van der Waals surface area contributed by atoms with E-state index < -0.39 is 12.1 Å². The van der Waals surface area contributed by atoms with Crippen molar-refractivity contribution < 1.29 is 18.0 Å². The molecule has 1 saturated carbocycles. The van der Waals surface area contributed by atoms with Crippen LogP contribution in [0.3, 0.4) is 0 Å². The highest BCUT2D eigenvalue weighted by Crippen LogP contribution is 2.41. The molecular formula is C17H19F3NO. The summed E-state index contributed by atoms with van der Waals surface area (Å²) >= 11 is 0. The van der Waals surface area contributed by atoms with Crippen LogP contribution in [0.15, 0.2) is 18.2 Å². The number of hydrogen-bond donors (Lipinski definition) is 1. The number of carbonyl (C=O) groups excluding carboxylic acids is 1. The molecule has 119 valence electrons. The quantitative estimate of drug-likeness (QED) is 0.904. The lowest BCUT2D eigenvalue weighted by Gasteiger charge is -2.33. The van der Waals surface area contributed by atoms with E-state index in [0.717, 1.165) is 24.1 Å². The molecule has 1 aliphatic carbocycles. The first-order valence-electron chi connectivity index (χ1n) is 7.79. The highest BCUT2D eigenvalue weighted by molar-refractivity contribution is 5.88. The van der Waals surface area contributed by atoms with Gasteiger partial charge < -0.3 is 5.32 Å². The molecule has 1 fully saturated rings. The maximum atomic E-state index is 12.7. The van der Waals surface area contributed by atoms with Crippen LogP contribution in [0.4, 0.5) is 13.2 Å². The molecule has 3 rings (SSSR count). The van der Waals surface area contributed by atoms with Crippen molar-refractivity contribution in [1.82, 2.24) is 5.32 Å². The Morgan fingerprint density at radius 1 is 1.23 bits per heavy atom. The predicted molar refractivity (Wildman–Crippen MR) is 76.2 cm³/mol. The van der Waals surface area contributed by atoms with E-state index >= 15 is 0 Å². The number of halogens is 3. The van der Waals surface area contributed by atoms with Gasteiger partial charge in [-0.2, -0.15) is 13.2 Å². The van der Waals surface area contributed by atoms with E-state index in [9.17, 15) is 18.0 Å². The molecule has 0 bridgehead atoms. The molecule has 5 heteroatoms. The van der Waals surface area contributed by atoms with Crippen LogP contribution in [-0.4, -0.2) is 18.5 Å². The first kappa shape index (κ1) is 15.5. The second-order valence-corrected chi connectivity index (χ2v) is 6.25. The third kappa shape index (κ3) is 3.05. The highest BCUT2D eigenvalue weighted by Gasteiger charge is 2.43. The van der Waals surface area contributed by atoms with Gasteiger partial charge in [-0.1, -0.05) is 18.2 Å².